The molecule has 3 rings (SSSR count). The van der Waals surface area contributed by atoms with Gasteiger partial charge in [-0.2, -0.15) is 0 Å². The molecule has 0 spiro atoms. The van der Waals surface area contributed by atoms with Crippen molar-refractivity contribution in [1.29, 1.82) is 0 Å². The van der Waals surface area contributed by atoms with Crippen LogP contribution in [0.1, 0.15) is 30.9 Å². The minimum absolute atomic E-state index is 0.329. The number of hydrogen-bond acceptors (Lipinski definition) is 2. The summed E-state index contributed by atoms with van der Waals surface area (Å²) in [7, 11) is 3.69. The van der Waals surface area contributed by atoms with E-state index >= 15 is 0 Å². The number of halogens is 2. The highest BCUT2D eigenvalue weighted by atomic mass is 35.5. The zero-order valence-electron chi connectivity index (χ0n) is 17.2. The SMILES string of the molecule is CC/C=C(\NC)c1cc2cc(-c3cc(F)cc(Cl)c3)ccc2cc1CCCOC. The summed E-state index contributed by atoms with van der Waals surface area (Å²) in [6, 6.07) is 15.3. The van der Waals surface area contributed by atoms with Crippen LogP contribution >= 0.6 is 11.6 Å². The smallest absolute Gasteiger partial charge is 0.125 e. The molecule has 0 aromatic heterocycles. The Morgan fingerprint density at radius 2 is 1.90 bits per heavy atom. The Labute approximate surface area is 177 Å². The molecule has 0 radical (unpaired) electrons. The molecule has 0 heterocycles. The lowest BCUT2D eigenvalue weighted by Crippen LogP contribution is -2.08. The molecule has 0 saturated heterocycles. The first kappa shape index (κ1) is 21.4. The first-order valence-electron chi connectivity index (χ1n) is 9.96. The average molecular weight is 412 g/mol. The fraction of sp³-hybridized carbons (Fsp3) is 0.280. The van der Waals surface area contributed by atoms with Crippen LogP contribution in [0.15, 0.2) is 54.6 Å². The normalized spacial score (nSPS) is 11.8. The number of nitrogens with one attached hydrogen (secondary N) is 1. The van der Waals surface area contributed by atoms with Crippen molar-refractivity contribution in [3.63, 3.8) is 0 Å². The highest BCUT2D eigenvalue weighted by Gasteiger charge is 2.11. The van der Waals surface area contributed by atoms with Crippen LogP contribution in [-0.4, -0.2) is 20.8 Å². The molecule has 0 atom stereocenters. The summed E-state index contributed by atoms with van der Waals surface area (Å²) in [6.45, 7) is 2.87. The molecule has 0 aliphatic rings. The van der Waals surface area contributed by atoms with Crippen molar-refractivity contribution in [1.82, 2.24) is 5.32 Å². The van der Waals surface area contributed by atoms with Crippen LogP contribution in [0.2, 0.25) is 5.02 Å². The van der Waals surface area contributed by atoms with Gasteiger partial charge in [-0.25, -0.2) is 4.39 Å². The Bertz CT molecular complexity index is 1010. The molecule has 29 heavy (non-hydrogen) atoms. The van der Waals surface area contributed by atoms with Crippen LogP contribution < -0.4 is 5.32 Å². The number of aryl methyl sites for hydroxylation is 1. The third kappa shape index (κ3) is 5.17. The Morgan fingerprint density at radius 3 is 2.59 bits per heavy atom. The van der Waals surface area contributed by atoms with E-state index in [0.717, 1.165) is 48.1 Å². The molecule has 2 nitrogen and oxygen atoms in total. The fourth-order valence-electron chi connectivity index (χ4n) is 3.66. The van der Waals surface area contributed by atoms with Gasteiger partial charge in [0.25, 0.3) is 0 Å². The first-order chi connectivity index (χ1) is 14.0. The number of hydrogen-bond donors (Lipinski definition) is 1. The van der Waals surface area contributed by atoms with Gasteiger partial charge in [0.2, 0.25) is 0 Å². The van der Waals surface area contributed by atoms with E-state index < -0.39 is 0 Å². The monoisotopic (exact) mass is 411 g/mol. The van der Waals surface area contributed by atoms with Gasteiger partial charge in [0.05, 0.1) is 0 Å². The van der Waals surface area contributed by atoms with Gasteiger partial charge < -0.3 is 10.1 Å². The van der Waals surface area contributed by atoms with Gasteiger partial charge in [0, 0.05) is 37.0 Å². The average Bonchev–Trinajstić information content (AvgIpc) is 2.70. The third-order valence-electron chi connectivity index (χ3n) is 5.02. The molecule has 0 aliphatic carbocycles. The summed E-state index contributed by atoms with van der Waals surface area (Å²) in [6.07, 6.45) is 5.08. The number of ether oxygens (including phenoxy) is 1. The van der Waals surface area contributed by atoms with E-state index in [2.05, 4.69) is 42.6 Å². The molecular formula is C25H27ClFNO. The number of benzene rings is 3. The standard InChI is InChI=1S/C25H27ClFNO/c1-4-6-25(28-2)24-15-20-12-18(21-13-22(26)16-23(27)14-21)9-8-17(20)11-19(24)7-5-10-29-3/h6,8-9,11-16,28H,4-5,7,10H2,1-3H3/b25-6-. The minimum Gasteiger partial charge on any atom is -0.388 e. The molecule has 0 bridgehead atoms. The van der Waals surface area contributed by atoms with Gasteiger partial charge in [0.1, 0.15) is 5.82 Å². The molecule has 0 aliphatic heterocycles. The van der Waals surface area contributed by atoms with Crippen molar-refractivity contribution in [2.24, 2.45) is 0 Å². The van der Waals surface area contributed by atoms with Gasteiger partial charge in [-0.1, -0.05) is 42.8 Å². The third-order valence-corrected chi connectivity index (χ3v) is 5.24. The van der Waals surface area contributed by atoms with Crippen LogP contribution in [0.25, 0.3) is 27.6 Å². The molecule has 0 saturated carbocycles. The van der Waals surface area contributed by atoms with Crippen molar-refractivity contribution in [2.45, 2.75) is 26.2 Å². The largest absolute Gasteiger partial charge is 0.388 e. The maximum absolute atomic E-state index is 13.8. The summed E-state index contributed by atoms with van der Waals surface area (Å²) in [5.74, 6) is -0.329. The predicted octanol–water partition coefficient (Wildman–Crippen LogP) is 6.85. The van der Waals surface area contributed by atoms with Crippen molar-refractivity contribution >= 4 is 28.1 Å². The number of rotatable bonds is 8. The Balaban J connectivity index is 2.11. The number of methoxy groups -OCH3 is 1. The molecule has 3 aromatic carbocycles. The van der Waals surface area contributed by atoms with Crippen molar-refractivity contribution < 1.29 is 9.13 Å². The summed E-state index contributed by atoms with van der Waals surface area (Å²) in [4.78, 5) is 0. The molecule has 0 fully saturated rings. The highest BCUT2D eigenvalue weighted by Crippen LogP contribution is 2.31. The molecule has 1 N–H and O–H groups in total. The fourth-order valence-corrected chi connectivity index (χ4v) is 3.88. The van der Waals surface area contributed by atoms with Gasteiger partial charge in [-0.05, 0) is 77.1 Å². The zero-order chi connectivity index (χ0) is 20.8. The minimum atomic E-state index is -0.329. The summed E-state index contributed by atoms with van der Waals surface area (Å²) in [5.41, 5.74) is 5.35. The van der Waals surface area contributed by atoms with Crippen LogP contribution in [0.5, 0.6) is 0 Å². The van der Waals surface area contributed by atoms with E-state index in [1.54, 1.807) is 13.2 Å². The maximum atomic E-state index is 13.8. The Morgan fingerprint density at radius 1 is 1.07 bits per heavy atom. The van der Waals surface area contributed by atoms with Gasteiger partial charge in [-0.3, -0.25) is 0 Å². The molecule has 0 unspecified atom stereocenters. The van der Waals surface area contributed by atoms with Crippen LogP contribution in [0.3, 0.4) is 0 Å². The Hall–Kier alpha value is -2.36. The summed E-state index contributed by atoms with van der Waals surface area (Å²) >= 11 is 6.05. The number of fused-ring (bicyclic) bond motifs is 1. The highest BCUT2D eigenvalue weighted by molar-refractivity contribution is 6.30. The second-order valence-electron chi connectivity index (χ2n) is 7.10. The van der Waals surface area contributed by atoms with E-state index in [-0.39, 0.29) is 5.82 Å². The number of allylic oxidation sites excluding steroid dienone is 1. The van der Waals surface area contributed by atoms with Crippen molar-refractivity contribution in [3.05, 3.63) is 76.6 Å². The van der Waals surface area contributed by atoms with E-state index in [9.17, 15) is 4.39 Å². The van der Waals surface area contributed by atoms with Crippen molar-refractivity contribution in [2.75, 3.05) is 20.8 Å². The second-order valence-corrected chi connectivity index (χ2v) is 7.54. The summed E-state index contributed by atoms with van der Waals surface area (Å²) in [5, 5.41) is 6.02. The van der Waals surface area contributed by atoms with E-state index in [0.29, 0.717) is 5.02 Å². The molecule has 3 aromatic rings. The molecule has 4 heteroatoms. The lowest BCUT2D eigenvalue weighted by Gasteiger charge is -2.16. The van der Waals surface area contributed by atoms with E-state index in [1.807, 2.05) is 13.1 Å². The molecular weight excluding hydrogens is 385 g/mol. The Kier molecular flexibility index (Phi) is 7.29. The lowest BCUT2D eigenvalue weighted by molar-refractivity contribution is 0.195. The van der Waals surface area contributed by atoms with E-state index in [4.69, 9.17) is 16.3 Å². The topological polar surface area (TPSA) is 21.3 Å². The van der Waals surface area contributed by atoms with Gasteiger partial charge >= 0.3 is 0 Å². The first-order valence-corrected chi connectivity index (χ1v) is 10.3. The lowest BCUT2D eigenvalue weighted by atomic mass is 9.93. The van der Waals surface area contributed by atoms with Crippen LogP contribution in [0, 0.1) is 5.82 Å². The van der Waals surface area contributed by atoms with E-state index in [1.165, 1.54) is 28.6 Å². The molecule has 0 amide bonds. The van der Waals surface area contributed by atoms with Gasteiger partial charge in [-0.15, -0.1) is 0 Å². The predicted molar refractivity (Wildman–Crippen MR) is 122 cm³/mol. The van der Waals surface area contributed by atoms with Crippen LogP contribution in [0.4, 0.5) is 4.39 Å². The van der Waals surface area contributed by atoms with Crippen molar-refractivity contribution in [3.8, 4) is 11.1 Å². The second kappa shape index (κ2) is 9.91. The zero-order valence-corrected chi connectivity index (χ0v) is 17.9. The van der Waals surface area contributed by atoms with Crippen LogP contribution in [-0.2, 0) is 11.2 Å². The maximum Gasteiger partial charge on any atom is 0.125 e. The quantitative estimate of drug-likeness (QED) is 0.409. The van der Waals surface area contributed by atoms with Gasteiger partial charge in [0.15, 0.2) is 0 Å². The summed E-state index contributed by atoms with van der Waals surface area (Å²) < 4.78 is 19.1. The molecule has 152 valence electrons.